The first kappa shape index (κ1) is 9.68. The number of hydrogen-bond acceptors (Lipinski definition) is 2. The minimum Gasteiger partial charge on any atom is -0.207 e. The van der Waals surface area contributed by atoms with Crippen molar-refractivity contribution < 1.29 is 8.42 Å². The van der Waals surface area contributed by atoms with E-state index in [-0.39, 0.29) is 0 Å². The molecule has 1 aromatic rings. The maximum absolute atomic E-state index is 11.7. The van der Waals surface area contributed by atoms with Crippen molar-refractivity contribution in [2.75, 3.05) is 0 Å². The lowest BCUT2D eigenvalue weighted by atomic mass is 9.95. The van der Waals surface area contributed by atoms with Crippen molar-refractivity contribution in [1.82, 2.24) is 4.72 Å². The molecule has 0 aromatic heterocycles. The third-order valence-corrected chi connectivity index (χ3v) is 4.19. The number of hydrogen-bond donors (Lipinski definition) is 1. The van der Waals surface area contributed by atoms with E-state index >= 15 is 0 Å². The molecule has 0 saturated carbocycles. The Bertz CT molecular complexity index is 489. The average molecular weight is 211 g/mol. The normalized spacial score (nSPS) is 21.9. The highest BCUT2D eigenvalue weighted by molar-refractivity contribution is 7.89. The molecule has 0 atom stereocenters. The van der Waals surface area contributed by atoms with E-state index in [4.69, 9.17) is 0 Å². The van der Waals surface area contributed by atoms with Crippen LogP contribution < -0.4 is 4.72 Å². The number of fused-ring (bicyclic) bond motifs is 1. The van der Waals surface area contributed by atoms with Gasteiger partial charge >= 0.3 is 0 Å². The highest BCUT2D eigenvalue weighted by Crippen LogP contribution is 2.35. The number of rotatable bonds is 0. The van der Waals surface area contributed by atoms with Gasteiger partial charge in [-0.25, -0.2) is 13.1 Å². The van der Waals surface area contributed by atoms with Gasteiger partial charge in [0.2, 0.25) is 10.0 Å². The average Bonchev–Trinajstić information content (AvgIpc) is 2.17. The van der Waals surface area contributed by atoms with Crippen LogP contribution in [-0.2, 0) is 15.6 Å². The largest absolute Gasteiger partial charge is 0.241 e. The Morgan fingerprint density at radius 1 is 1.29 bits per heavy atom. The second-order valence-electron chi connectivity index (χ2n) is 4.23. The quantitative estimate of drug-likeness (QED) is 0.707. The zero-order valence-corrected chi connectivity index (χ0v) is 9.27. The zero-order valence-electron chi connectivity index (χ0n) is 8.46. The third-order valence-electron chi connectivity index (χ3n) is 2.49. The van der Waals surface area contributed by atoms with Crippen molar-refractivity contribution in [3.63, 3.8) is 0 Å². The van der Waals surface area contributed by atoms with Gasteiger partial charge in [0.1, 0.15) is 0 Å². The van der Waals surface area contributed by atoms with Crippen LogP contribution in [0.2, 0.25) is 0 Å². The molecule has 0 bridgehead atoms. The molecule has 0 aliphatic carbocycles. The highest BCUT2D eigenvalue weighted by Gasteiger charge is 2.39. The molecule has 0 spiro atoms. The molecule has 1 heterocycles. The van der Waals surface area contributed by atoms with E-state index in [0.717, 1.165) is 11.1 Å². The van der Waals surface area contributed by atoms with Gasteiger partial charge in [-0.15, -0.1) is 0 Å². The van der Waals surface area contributed by atoms with Crippen LogP contribution in [0, 0.1) is 6.92 Å². The highest BCUT2D eigenvalue weighted by atomic mass is 32.2. The number of sulfonamides is 1. The second-order valence-corrected chi connectivity index (χ2v) is 5.88. The van der Waals surface area contributed by atoms with Crippen molar-refractivity contribution in [1.29, 1.82) is 0 Å². The Labute approximate surface area is 84.2 Å². The van der Waals surface area contributed by atoms with E-state index in [1.54, 1.807) is 6.07 Å². The van der Waals surface area contributed by atoms with E-state index in [2.05, 4.69) is 4.72 Å². The minimum atomic E-state index is -3.29. The topological polar surface area (TPSA) is 46.2 Å². The van der Waals surface area contributed by atoms with Crippen LogP contribution in [0.4, 0.5) is 0 Å². The monoisotopic (exact) mass is 211 g/mol. The minimum absolute atomic E-state index is 0.419. The first-order valence-corrected chi connectivity index (χ1v) is 5.96. The summed E-state index contributed by atoms with van der Waals surface area (Å²) in [4.78, 5) is 0.419. The Hall–Kier alpha value is -0.870. The molecule has 2 rings (SSSR count). The fraction of sp³-hybridized carbons (Fsp3) is 0.400. The van der Waals surface area contributed by atoms with Gasteiger partial charge in [0.15, 0.2) is 0 Å². The summed E-state index contributed by atoms with van der Waals surface area (Å²) in [5.41, 5.74) is 1.33. The van der Waals surface area contributed by atoms with Crippen molar-refractivity contribution in [3.8, 4) is 0 Å². The SMILES string of the molecule is Cc1ccc2c(c1)S(=O)(=O)NC2(C)C. The smallest absolute Gasteiger partial charge is 0.207 e. The summed E-state index contributed by atoms with van der Waals surface area (Å²) in [5, 5.41) is 0. The maximum atomic E-state index is 11.7. The summed E-state index contributed by atoms with van der Waals surface area (Å²) in [6.45, 7) is 5.62. The van der Waals surface area contributed by atoms with E-state index in [9.17, 15) is 8.42 Å². The Morgan fingerprint density at radius 3 is 2.57 bits per heavy atom. The van der Waals surface area contributed by atoms with Gasteiger partial charge in [0.25, 0.3) is 0 Å². The van der Waals surface area contributed by atoms with Gasteiger partial charge in [0, 0.05) is 0 Å². The van der Waals surface area contributed by atoms with E-state index < -0.39 is 15.6 Å². The maximum Gasteiger partial charge on any atom is 0.241 e. The molecular formula is C10H13NO2S. The van der Waals surface area contributed by atoms with Crippen LogP contribution >= 0.6 is 0 Å². The molecule has 76 valence electrons. The molecule has 3 nitrogen and oxygen atoms in total. The van der Waals surface area contributed by atoms with Crippen molar-refractivity contribution >= 4 is 10.0 Å². The predicted molar refractivity (Wildman–Crippen MR) is 54.5 cm³/mol. The number of benzene rings is 1. The van der Waals surface area contributed by atoms with Crippen LogP contribution in [0.3, 0.4) is 0 Å². The Morgan fingerprint density at radius 2 is 1.93 bits per heavy atom. The lowest BCUT2D eigenvalue weighted by Crippen LogP contribution is -2.32. The van der Waals surface area contributed by atoms with Crippen LogP contribution in [0.25, 0.3) is 0 Å². The van der Waals surface area contributed by atoms with Gasteiger partial charge < -0.3 is 0 Å². The first-order valence-electron chi connectivity index (χ1n) is 4.48. The summed E-state index contributed by atoms with van der Waals surface area (Å²) >= 11 is 0. The molecule has 1 aliphatic heterocycles. The van der Waals surface area contributed by atoms with Gasteiger partial charge in [-0.3, -0.25) is 0 Å². The van der Waals surface area contributed by atoms with Gasteiger partial charge in [-0.05, 0) is 38.0 Å². The molecule has 0 saturated heterocycles. The van der Waals surface area contributed by atoms with Crippen molar-refractivity contribution in [3.05, 3.63) is 29.3 Å². The number of aryl methyl sites for hydroxylation is 1. The third kappa shape index (κ3) is 1.26. The standard InChI is InChI=1S/C10H13NO2S/c1-7-4-5-8-9(6-7)14(12,13)11-10(8,2)3/h4-6,11H,1-3H3. The lowest BCUT2D eigenvalue weighted by molar-refractivity contribution is 0.494. The fourth-order valence-corrected chi connectivity index (χ4v) is 3.66. The number of nitrogens with one attached hydrogen (secondary N) is 1. The second kappa shape index (κ2) is 2.58. The fourth-order valence-electron chi connectivity index (χ4n) is 1.81. The Balaban J connectivity index is 2.79. The summed E-state index contributed by atoms with van der Waals surface area (Å²) in [6.07, 6.45) is 0. The van der Waals surface area contributed by atoms with Crippen LogP contribution in [0.1, 0.15) is 25.0 Å². The summed E-state index contributed by atoms with van der Waals surface area (Å²) in [6, 6.07) is 5.53. The van der Waals surface area contributed by atoms with Crippen molar-refractivity contribution in [2.45, 2.75) is 31.2 Å². The van der Waals surface area contributed by atoms with E-state index in [1.807, 2.05) is 32.9 Å². The summed E-state index contributed by atoms with van der Waals surface area (Å²) < 4.78 is 26.1. The molecule has 1 aliphatic rings. The first-order chi connectivity index (χ1) is 6.33. The van der Waals surface area contributed by atoms with Crippen LogP contribution in [0.5, 0.6) is 0 Å². The molecule has 0 unspecified atom stereocenters. The molecular weight excluding hydrogens is 198 g/mol. The summed E-state index contributed by atoms with van der Waals surface area (Å²) in [7, 11) is -3.29. The van der Waals surface area contributed by atoms with E-state index in [1.165, 1.54) is 0 Å². The Kier molecular flexibility index (Phi) is 1.78. The lowest BCUT2D eigenvalue weighted by Gasteiger charge is -2.17. The summed E-state index contributed by atoms with van der Waals surface area (Å²) in [5.74, 6) is 0. The molecule has 4 heteroatoms. The molecule has 1 aromatic carbocycles. The van der Waals surface area contributed by atoms with Gasteiger partial charge in [0.05, 0.1) is 10.4 Å². The van der Waals surface area contributed by atoms with Crippen LogP contribution in [-0.4, -0.2) is 8.42 Å². The van der Waals surface area contributed by atoms with Gasteiger partial charge in [-0.1, -0.05) is 12.1 Å². The molecule has 14 heavy (non-hydrogen) atoms. The van der Waals surface area contributed by atoms with Crippen LogP contribution in [0.15, 0.2) is 23.1 Å². The molecule has 1 N–H and O–H groups in total. The molecule has 0 radical (unpaired) electrons. The zero-order chi connectivity index (χ0) is 10.6. The van der Waals surface area contributed by atoms with Crippen molar-refractivity contribution in [2.24, 2.45) is 0 Å². The van der Waals surface area contributed by atoms with E-state index in [0.29, 0.717) is 4.90 Å². The predicted octanol–water partition coefficient (Wildman–Crippen LogP) is 1.52. The molecule has 0 amide bonds. The molecule has 0 fully saturated rings. The van der Waals surface area contributed by atoms with Gasteiger partial charge in [-0.2, -0.15) is 0 Å².